The van der Waals surface area contributed by atoms with E-state index in [0.717, 1.165) is 6.07 Å². The van der Waals surface area contributed by atoms with Crippen LogP contribution in [0.25, 0.3) is 11.1 Å². The second kappa shape index (κ2) is 6.19. The normalized spacial score (nSPS) is 16.1. The number of nitrogens with one attached hydrogen (secondary N) is 1. The lowest BCUT2D eigenvalue weighted by Crippen LogP contribution is -2.44. The number of benzene rings is 2. The fourth-order valence-electron chi connectivity index (χ4n) is 2.86. The number of carbonyl (C=O) groups is 1. The maximum atomic E-state index is 12.7. The molecule has 0 radical (unpaired) electrons. The van der Waals surface area contributed by atoms with Crippen LogP contribution in [0.1, 0.15) is 13.8 Å². The Morgan fingerprint density at radius 1 is 1.04 bits per heavy atom. The minimum Gasteiger partial charge on any atom is -0.480 e. The molecule has 3 rings (SSSR count). The van der Waals surface area contributed by atoms with E-state index in [1.165, 1.54) is 18.2 Å². The second-order valence-corrected chi connectivity index (χ2v) is 9.94. The summed E-state index contributed by atoms with van der Waals surface area (Å²) in [6.45, 7) is 3.15. The van der Waals surface area contributed by atoms with Gasteiger partial charge in [-0.15, -0.1) is 0 Å². The van der Waals surface area contributed by atoms with Crippen molar-refractivity contribution in [2.45, 2.75) is 34.6 Å². The number of hydrogen-bond donors (Lipinski definition) is 2. The van der Waals surface area contributed by atoms with Gasteiger partial charge in [-0.25, -0.2) is 16.8 Å². The van der Waals surface area contributed by atoms with Gasteiger partial charge >= 0.3 is 5.97 Å². The molecule has 0 amide bonds. The van der Waals surface area contributed by atoms with Gasteiger partial charge in [-0.1, -0.05) is 38.1 Å². The average molecular weight is 395 g/mol. The zero-order valence-corrected chi connectivity index (χ0v) is 15.6. The van der Waals surface area contributed by atoms with Crippen molar-refractivity contribution in [1.82, 2.24) is 4.72 Å². The Kier molecular flexibility index (Phi) is 4.41. The minimum atomic E-state index is -4.20. The van der Waals surface area contributed by atoms with E-state index in [9.17, 15) is 26.7 Å². The summed E-state index contributed by atoms with van der Waals surface area (Å²) in [4.78, 5) is 11.0. The quantitative estimate of drug-likeness (QED) is 0.681. The van der Waals surface area contributed by atoms with Crippen molar-refractivity contribution in [2.75, 3.05) is 0 Å². The summed E-state index contributed by atoms with van der Waals surface area (Å²) < 4.78 is 52.6. The summed E-state index contributed by atoms with van der Waals surface area (Å²) >= 11 is 0. The molecule has 9 heteroatoms. The summed E-state index contributed by atoms with van der Waals surface area (Å²) in [5.41, 5.74) is 0.947. The maximum absolute atomic E-state index is 12.7. The van der Waals surface area contributed by atoms with Gasteiger partial charge in [-0.05, 0) is 24.1 Å². The monoisotopic (exact) mass is 395 g/mol. The number of aliphatic carboxylic acids is 1. The van der Waals surface area contributed by atoms with Crippen LogP contribution in [0.2, 0.25) is 0 Å². The average Bonchev–Trinajstić information content (AvgIpc) is 2.80. The van der Waals surface area contributed by atoms with Crippen LogP contribution in [0.3, 0.4) is 0 Å². The van der Waals surface area contributed by atoms with Crippen molar-refractivity contribution in [1.29, 1.82) is 0 Å². The van der Waals surface area contributed by atoms with Gasteiger partial charge in [0.25, 0.3) is 0 Å². The Labute approximate surface area is 151 Å². The fraction of sp³-hybridized carbons (Fsp3) is 0.235. The number of sulfonamides is 1. The van der Waals surface area contributed by atoms with Crippen LogP contribution in [0.5, 0.6) is 0 Å². The van der Waals surface area contributed by atoms with Crippen LogP contribution in [0, 0.1) is 5.92 Å². The van der Waals surface area contributed by atoms with E-state index in [0.29, 0.717) is 11.1 Å². The minimum absolute atomic E-state index is 0.0991. The first-order valence-electron chi connectivity index (χ1n) is 7.79. The third-order valence-corrected chi connectivity index (χ3v) is 7.53. The highest BCUT2D eigenvalue weighted by atomic mass is 32.2. The Balaban J connectivity index is 2.08. The van der Waals surface area contributed by atoms with E-state index in [-0.39, 0.29) is 14.7 Å². The topological polar surface area (TPSA) is 118 Å². The Morgan fingerprint density at radius 3 is 2.27 bits per heavy atom. The van der Waals surface area contributed by atoms with Gasteiger partial charge in [0, 0.05) is 11.1 Å². The molecule has 0 bridgehead atoms. The smallest absolute Gasteiger partial charge is 0.322 e. The molecule has 0 spiro atoms. The predicted octanol–water partition coefficient (Wildman–Crippen LogP) is 1.89. The summed E-state index contributed by atoms with van der Waals surface area (Å²) in [6.07, 6.45) is 0. The molecular formula is C17H17NO6S2. The molecule has 138 valence electrons. The van der Waals surface area contributed by atoms with Gasteiger partial charge in [-0.3, -0.25) is 4.79 Å². The Morgan fingerprint density at radius 2 is 1.65 bits per heavy atom. The van der Waals surface area contributed by atoms with Crippen molar-refractivity contribution in [3.05, 3.63) is 42.5 Å². The summed E-state index contributed by atoms with van der Waals surface area (Å²) in [5, 5.41) is 9.19. The highest BCUT2D eigenvalue weighted by Crippen LogP contribution is 2.43. The number of rotatable bonds is 5. The molecule has 1 aliphatic rings. The van der Waals surface area contributed by atoms with Crippen LogP contribution >= 0.6 is 0 Å². The van der Waals surface area contributed by atoms with Crippen molar-refractivity contribution in [2.24, 2.45) is 5.92 Å². The molecule has 1 unspecified atom stereocenters. The Bertz CT molecular complexity index is 1100. The van der Waals surface area contributed by atoms with E-state index in [4.69, 9.17) is 0 Å². The van der Waals surface area contributed by atoms with Gasteiger partial charge in [0.1, 0.15) is 6.04 Å². The molecule has 2 N–H and O–H groups in total. The maximum Gasteiger partial charge on any atom is 0.322 e. The van der Waals surface area contributed by atoms with Crippen molar-refractivity contribution in [3.63, 3.8) is 0 Å². The lowest BCUT2D eigenvalue weighted by Gasteiger charge is -2.18. The van der Waals surface area contributed by atoms with Crippen molar-refractivity contribution in [3.8, 4) is 11.1 Å². The molecule has 1 aliphatic heterocycles. The third-order valence-electron chi connectivity index (χ3n) is 4.23. The lowest BCUT2D eigenvalue weighted by atomic mass is 10.1. The number of sulfone groups is 1. The fourth-order valence-corrected chi connectivity index (χ4v) is 6.01. The SMILES string of the molecule is CC(C)C(NS(=O)(=O)c1ccc2c(c1)S(=O)(=O)c1ccccc1-2)C(=O)O. The molecule has 0 aliphatic carbocycles. The highest BCUT2D eigenvalue weighted by molar-refractivity contribution is 7.92. The molecule has 1 heterocycles. The third kappa shape index (κ3) is 2.91. The van der Waals surface area contributed by atoms with Crippen molar-refractivity contribution >= 4 is 25.8 Å². The first-order valence-corrected chi connectivity index (χ1v) is 10.8. The number of carboxylic acid groups (broad SMARTS) is 1. The highest BCUT2D eigenvalue weighted by Gasteiger charge is 2.35. The van der Waals surface area contributed by atoms with Crippen LogP contribution in [-0.4, -0.2) is 34.0 Å². The summed E-state index contributed by atoms with van der Waals surface area (Å²) in [7, 11) is -8.02. The number of carboxylic acids is 1. The molecule has 2 aromatic rings. The molecule has 2 aromatic carbocycles. The molecule has 7 nitrogen and oxygen atoms in total. The summed E-state index contributed by atoms with van der Waals surface area (Å²) in [6, 6.07) is 8.89. The van der Waals surface area contributed by atoms with Crippen LogP contribution in [0.15, 0.2) is 57.2 Å². The number of hydrogen-bond acceptors (Lipinski definition) is 5. The lowest BCUT2D eigenvalue weighted by molar-refractivity contribution is -0.140. The zero-order valence-electron chi connectivity index (χ0n) is 14.0. The van der Waals surface area contributed by atoms with Crippen molar-refractivity contribution < 1.29 is 26.7 Å². The first-order chi connectivity index (χ1) is 12.1. The molecule has 1 atom stereocenters. The van der Waals surface area contributed by atoms with Crippen LogP contribution in [0.4, 0.5) is 0 Å². The first kappa shape index (κ1) is 18.6. The van der Waals surface area contributed by atoms with E-state index >= 15 is 0 Å². The van der Waals surface area contributed by atoms with E-state index in [2.05, 4.69) is 4.72 Å². The summed E-state index contributed by atoms with van der Waals surface area (Å²) in [5.74, 6) is -1.78. The molecule has 0 saturated heterocycles. The van der Waals surface area contributed by atoms with Gasteiger partial charge in [0.2, 0.25) is 19.9 Å². The molecule has 26 heavy (non-hydrogen) atoms. The number of fused-ring (bicyclic) bond motifs is 3. The van der Waals surface area contributed by atoms with Gasteiger partial charge in [0.05, 0.1) is 14.7 Å². The predicted molar refractivity (Wildman–Crippen MR) is 93.9 cm³/mol. The van der Waals surface area contributed by atoms with Gasteiger partial charge in [0.15, 0.2) is 0 Å². The largest absolute Gasteiger partial charge is 0.480 e. The van der Waals surface area contributed by atoms with Gasteiger partial charge in [-0.2, -0.15) is 4.72 Å². The van der Waals surface area contributed by atoms with E-state index in [1.807, 2.05) is 0 Å². The second-order valence-electron chi connectivity index (χ2n) is 6.34. The molecule has 0 fully saturated rings. The van der Waals surface area contributed by atoms with Crippen LogP contribution < -0.4 is 4.72 Å². The van der Waals surface area contributed by atoms with E-state index in [1.54, 1.807) is 32.0 Å². The molecular weight excluding hydrogens is 378 g/mol. The van der Waals surface area contributed by atoms with E-state index < -0.39 is 37.8 Å². The van der Waals surface area contributed by atoms with Crippen LogP contribution in [-0.2, 0) is 24.7 Å². The Hall–Kier alpha value is -2.23. The molecule has 0 saturated carbocycles. The standard InChI is InChI=1S/C17H17NO6S2/c1-10(2)16(17(19)20)18-26(23,24)11-7-8-13-12-5-3-4-6-14(12)25(21,22)15(13)9-11/h3-10,16,18H,1-2H3,(H,19,20). The van der Waals surface area contributed by atoms with Gasteiger partial charge < -0.3 is 5.11 Å². The zero-order chi connectivity index (χ0) is 19.3. The molecule has 0 aromatic heterocycles.